The van der Waals surface area contributed by atoms with Gasteiger partial charge in [-0.2, -0.15) is 0 Å². The lowest BCUT2D eigenvalue weighted by Gasteiger charge is -2.15. The molecule has 0 spiro atoms. The molecule has 1 amide bonds. The number of benzene rings is 1. The van der Waals surface area contributed by atoms with E-state index in [1.165, 1.54) is 0 Å². The van der Waals surface area contributed by atoms with Gasteiger partial charge in [-0.1, -0.05) is 6.92 Å². The van der Waals surface area contributed by atoms with E-state index in [0.29, 0.717) is 0 Å². The third kappa shape index (κ3) is 3.05. The number of amides is 1. The normalized spacial score (nSPS) is 22.2. The second-order valence-corrected chi connectivity index (χ2v) is 4.64. The van der Waals surface area contributed by atoms with E-state index < -0.39 is 10.7 Å². The molecule has 1 heterocycles. The lowest BCUT2D eigenvalue weighted by atomic mass is 10.0. The molecule has 1 aliphatic rings. The first-order valence-corrected chi connectivity index (χ1v) is 5.96. The predicted molar refractivity (Wildman–Crippen MR) is 67.3 cm³/mol. The Hall–Kier alpha value is -2.02. The predicted octanol–water partition coefficient (Wildman–Crippen LogP) is 1.67. The number of carbonyl (C=O) groups excluding carboxylic acids is 1. The quantitative estimate of drug-likeness (QED) is 0.644. The van der Waals surface area contributed by atoms with E-state index >= 15 is 0 Å². The minimum absolute atomic E-state index is 0.0950. The number of hydrogen-bond acceptors (Lipinski definition) is 4. The number of nitrogens with zero attached hydrogens (tertiary/aromatic N) is 1. The van der Waals surface area contributed by atoms with Crippen molar-refractivity contribution >= 4 is 17.3 Å². The number of nitrogens with one attached hydrogen (secondary N) is 2. The molecule has 0 saturated carbocycles. The van der Waals surface area contributed by atoms with Gasteiger partial charge in [0, 0.05) is 6.07 Å². The van der Waals surface area contributed by atoms with E-state index in [9.17, 15) is 19.3 Å². The SMILES string of the molecule is CC1CCNC1C(=O)Nc1cc(F)cc([N+](=O)[O-])c1. The summed E-state index contributed by atoms with van der Waals surface area (Å²) in [5, 5.41) is 16.2. The zero-order valence-corrected chi connectivity index (χ0v) is 10.4. The van der Waals surface area contributed by atoms with Crippen molar-refractivity contribution in [3.8, 4) is 0 Å². The minimum Gasteiger partial charge on any atom is -0.324 e. The fourth-order valence-corrected chi connectivity index (χ4v) is 2.16. The molecule has 19 heavy (non-hydrogen) atoms. The van der Waals surface area contributed by atoms with E-state index in [4.69, 9.17) is 0 Å². The van der Waals surface area contributed by atoms with Crippen LogP contribution in [0.25, 0.3) is 0 Å². The van der Waals surface area contributed by atoms with Gasteiger partial charge in [0.25, 0.3) is 5.69 Å². The van der Waals surface area contributed by atoms with Gasteiger partial charge >= 0.3 is 0 Å². The smallest absolute Gasteiger partial charge is 0.274 e. The molecular formula is C12H14FN3O3. The Balaban J connectivity index is 2.14. The maximum absolute atomic E-state index is 13.2. The number of carbonyl (C=O) groups is 1. The zero-order valence-electron chi connectivity index (χ0n) is 10.4. The Morgan fingerprint density at radius 1 is 1.53 bits per heavy atom. The Labute approximate surface area is 109 Å². The minimum atomic E-state index is -0.753. The molecule has 2 rings (SSSR count). The number of nitro benzene ring substituents is 1. The lowest BCUT2D eigenvalue weighted by molar-refractivity contribution is -0.385. The largest absolute Gasteiger partial charge is 0.324 e. The maximum atomic E-state index is 13.2. The average molecular weight is 267 g/mol. The molecule has 1 fully saturated rings. The first kappa shape index (κ1) is 13.4. The molecule has 6 nitrogen and oxygen atoms in total. The number of rotatable bonds is 3. The van der Waals surface area contributed by atoms with Crippen LogP contribution in [-0.4, -0.2) is 23.4 Å². The number of non-ortho nitro benzene ring substituents is 1. The molecule has 2 atom stereocenters. The van der Waals surface area contributed by atoms with Gasteiger partial charge in [-0.25, -0.2) is 4.39 Å². The van der Waals surface area contributed by atoms with Gasteiger partial charge < -0.3 is 10.6 Å². The molecule has 7 heteroatoms. The van der Waals surface area contributed by atoms with Crippen LogP contribution in [0.3, 0.4) is 0 Å². The van der Waals surface area contributed by atoms with E-state index in [2.05, 4.69) is 10.6 Å². The highest BCUT2D eigenvalue weighted by molar-refractivity contribution is 5.95. The topological polar surface area (TPSA) is 84.3 Å². The molecule has 1 aromatic carbocycles. The van der Waals surface area contributed by atoms with Crippen LogP contribution in [-0.2, 0) is 4.79 Å². The summed E-state index contributed by atoms with van der Waals surface area (Å²) in [5.41, 5.74) is -0.291. The molecule has 1 aliphatic heterocycles. The van der Waals surface area contributed by atoms with Crippen molar-refractivity contribution < 1.29 is 14.1 Å². The fourth-order valence-electron chi connectivity index (χ4n) is 2.16. The molecule has 0 bridgehead atoms. The Morgan fingerprint density at radius 2 is 2.26 bits per heavy atom. The summed E-state index contributed by atoms with van der Waals surface area (Å²) in [4.78, 5) is 21.9. The first-order valence-electron chi connectivity index (χ1n) is 5.96. The number of halogens is 1. The van der Waals surface area contributed by atoms with Crippen LogP contribution >= 0.6 is 0 Å². The molecule has 0 aromatic heterocycles. The van der Waals surface area contributed by atoms with Crippen LogP contribution in [0.5, 0.6) is 0 Å². The molecule has 1 aromatic rings. The third-order valence-electron chi connectivity index (χ3n) is 3.18. The van der Waals surface area contributed by atoms with Crippen molar-refractivity contribution in [2.75, 3.05) is 11.9 Å². The molecule has 0 aliphatic carbocycles. The Morgan fingerprint density at radius 3 is 2.84 bits per heavy atom. The molecule has 0 radical (unpaired) electrons. The second-order valence-electron chi connectivity index (χ2n) is 4.64. The highest BCUT2D eigenvalue weighted by Gasteiger charge is 2.29. The van der Waals surface area contributed by atoms with Gasteiger partial charge in [0.15, 0.2) is 0 Å². The van der Waals surface area contributed by atoms with Crippen molar-refractivity contribution in [2.45, 2.75) is 19.4 Å². The molecule has 102 valence electrons. The van der Waals surface area contributed by atoms with Crippen LogP contribution in [0.15, 0.2) is 18.2 Å². The van der Waals surface area contributed by atoms with Crippen LogP contribution in [0, 0.1) is 21.8 Å². The average Bonchev–Trinajstić information content (AvgIpc) is 2.74. The summed E-state index contributed by atoms with van der Waals surface area (Å²) in [6, 6.07) is 2.67. The van der Waals surface area contributed by atoms with Gasteiger partial charge in [0.2, 0.25) is 5.91 Å². The van der Waals surface area contributed by atoms with E-state index in [-0.39, 0.29) is 29.2 Å². The van der Waals surface area contributed by atoms with Gasteiger partial charge in [-0.3, -0.25) is 14.9 Å². The van der Waals surface area contributed by atoms with E-state index in [1.54, 1.807) is 0 Å². The Bertz CT molecular complexity index is 521. The summed E-state index contributed by atoms with van der Waals surface area (Å²) >= 11 is 0. The molecule has 2 unspecified atom stereocenters. The fraction of sp³-hybridized carbons (Fsp3) is 0.417. The summed E-state index contributed by atoms with van der Waals surface area (Å²) in [6.45, 7) is 2.70. The summed E-state index contributed by atoms with van der Waals surface area (Å²) < 4.78 is 13.2. The van der Waals surface area contributed by atoms with Gasteiger partial charge in [0.05, 0.1) is 22.7 Å². The highest BCUT2D eigenvalue weighted by Crippen LogP contribution is 2.21. The van der Waals surface area contributed by atoms with Crippen LogP contribution in [0.1, 0.15) is 13.3 Å². The van der Waals surface area contributed by atoms with Crippen molar-refractivity contribution in [3.63, 3.8) is 0 Å². The van der Waals surface area contributed by atoms with Crippen molar-refractivity contribution in [1.82, 2.24) is 5.32 Å². The zero-order chi connectivity index (χ0) is 14.0. The second kappa shape index (κ2) is 5.31. The van der Waals surface area contributed by atoms with Crippen molar-refractivity contribution in [1.29, 1.82) is 0 Å². The summed E-state index contributed by atoms with van der Waals surface area (Å²) in [7, 11) is 0. The van der Waals surface area contributed by atoms with Crippen molar-refractivity contribution in [3.05, 3.63) is 34.1 Å². The van der Waals surface area contributed by atoms with Gasteiger partial charge in [-0.15, -0.1) is 0 Å². The number of hydrogen-bond donors (Lipinski definition) is 2. The van der Waals surface area contributed by atoms with Crippen LogP contribution < -0.4 is 10.6 Å². The summed E-state index contributed by atoms with van der Waals surface area (Å²) in [5.74, 6) is -0.870. The van der Waals surface area contributed by atoms with Crippen molar-refractivity contribution in [2.24, 2.45) is 5.92 Å². The van der Waals surface area contributed by atoms with Crippen LogP contribution in [0.2, 0.25) is 0 Å². The Kier molecular flexibility index (Phi) is 3.75. The molecular weight excluding hydrogens is 253 g/mol. The molecule has 1 saturated heterocycles. The van der Waals surface area contributed by atoms with Crippen LogP contribution in [0.4, 0.5) is 15.8 Å². The third-order valence-corrected chi connectivity index (χ3v) is 3.18. The highest BCUT2D eigenvalue weighted by atomic mass is 19.1. The monoisotopic (exact) mass is 267 g/mol. The lowest BCUT2D eigenvalue weighted by Crippen LogP contribution is -2.39. The van der Waals surface area contributed by atoms with E-state index in [0.717, 1.165) is 31.2 Å². The maximum Gasteiger partial charge on any atom is 0.274 e. The number of nitro groups is 1. The standard InChI is InChI=1S/C12H14FN3O3/c1-7-2-3-14-11(7)12(17)15-9-4-8(13)5-10(6-9)16(18)19/h4-7,11,14H,2-3H2,1H3,(H,15,17). The van der Waals surface area contributed by atoms with Gasteiger partial charge in [0.1, 0.15) is 5.82 Å². The first-order chi connectivity index (χ1) is 8.97. The number of anilines is 1. The summed E-state index contributed by atoms with van der Waals surface area (Å²) in [6.07, 6.45) is 0.890. The molecule has 2 N–H and O–H groups in total. The van der Waals surface area contributed by atoms with Gasteiger partial charge in [-0.05, 0) is 24.9 Å². The van der Waals surface area contributed by atoms with E-state index in [1.807, 2.05) is 6.92 Å².